The van der Waals surface area contributed by atoms with Crippen LogP contribution in [-0.4, -0.2) is 7.11 Å². The molecule has 2 aromatic carbocycles. The minimum absolute atomic E-state index is 0.531. The van der Waals surface area contributed by atoms with Gasteiger partial charge in [0.15, 0.2) is 0 Å². The van der Waals surface area contributed by atoms with Crippen LogP contribution in [0.2, 0.25) is 5.02 Å². The highest BCUT2D eigenvalue weighted by Gasteiger charge is 2.05. The van der Waals surface area contributed by atoms with Crippen molar-refractivity contribution >= 4 is 39.9 Å². The van der Waals surface area contributed by atoms with Crippen LogP contribution < -0.4 is 10.1 Å². The molecule has 0 fully saturated rings. The molecule has 0 unspecified atom stereocenters. The predicted molar refractivity (Wildman–Crippen MR) is 89.2 cm³/mol. The van der Waals surface area contributed by atoms with Crippen LogP contribution in [0.3, 0.4) is 0 Å². The van der Waals surface area contributed by atoms with Crippen molar-refractivity contribution < 1.29 is 4.74 Å². The van der Waals surface area contributed by atoms with Gasteiger partial charge in [0.25, 0.3) is 0 Å². The van der Waals surface area contributed by atoms with Crippen LogP contribution in [0, 0.1) is 14.9 Å². The highest BCUT2D eigenvalue weighted by atomic mass is 127. The van der Waals surface area contributed by atoms with Gasteiger partial charge in [-0.15, -0.1) is 0 Å². The molecule has 0 amide bonds. The number of benzene rings is 2. The van der Waals surface area contributed by atoms with Crippen molar-refractivity contribution in [2.45, 2.75) is 6.54 Å². The smallest absolute Gasteiger partial charge is 0.136 e. The molecule has 2 aromatic rings. The van der Waals surface area contributed by atoms with Crippen molar-refractivity contribution in [1.82, 2.24) is 0 Å². The lowest BCUT2D eigenvalue weighted by molar-refractivity contribution is 0.413. The van der Waals surface area contributed by atoms with E-state index in [-0.39, 0.29) is 0 Å². The molecule has 102 valence electrons. The molecule has 0 saturated heterocycles. The largest absolute Gasteiger partial charge is 0.495 e. The molecule has 0 heterocycles. The molecule has 20 heavy (non-hydrogen) atoms. The van der Waals surface area contributed by atoms with Gasteiger partial charge in [0, 0.05) is 10.1 Å². The maximum atomic E-state index is 8.95. The highest BCUT2D eigenvalue weighted by molar-refractivity contribution is 14.1. The Kier molecular flexibility index (Phi) is 5.10. The van der Waals surface area contributed by atoms with Crippen LogP contribution in [-0.2, 0) is 6.54 Å². The Labute approximate surface area is 136 Å². The number of methoxy groups -OCH3 is 1. The summed E-state index contributed by atoms with van der Waals surface area (Å²) in [5, 5.41) is 12.9. The van der Waals surface area contributed by atoms with Crippen molar-refractivity contribution in [3.8, 4) is 11.8 Å². The van der Waals surface area contributed by atoms with Crippen molar-refractivity contribution in [1.29, 1.82) is 5.26 Å². The van der Waals surface area contributed by atoms with Crippen molar-refractivity contribution in [2.75, 3.05) is 12.4 Å². The zero-order valence-corrected chi connectivity index (χ0v) is 13.7. The summed E-state index contributed by atoms with van der Waals surface area (Å²) in [5.41, 5.74) is 2.44. The number of nitrogens with one attached hydrogen (secondary N) is 1. The van der Waals surface area contributed by atoms with Gasteiger partial charge in [-0.2, -0.15) is 5.26 Å². The van der Waals surface area contributed by atoms with Crippen LogP contribution in [0.25, 0.3) is 0 Å². The number of halogens is 2. The molecule has 1 N–H and O–H groups in total. The molecule has 5 heteroatoms. The van der Waals surface area contributed by atoms with E-state index in [1.807, 2.05) is 30.3 Å². The zero-order chi connectivity index (χ0) is 14.5. The summed E-state index contributed by atoms with van der Waals surface area (Å²) in [4.78, 5) is 0. The Hall–Kier alpha value is -1.45. The Morgan fingerprint density at radius 2 is 2.10 bits per heavy atom. The molecule has 2 rings (SSSR count). The quantitative estimate of drug-likeness (QED) is 0.775. The van der Waals surface area contributed by atoms with E-state index in [1.165, 1.54) is 0 Å². The summed E-state index contributed by atoms with van der Waals surface area (Å²) < 4.78 is 6.29. The van der Waals surface area contributed by atoms with E-state index in [1.54, 1.807) is 13.2 Å². The molecule has 0 saturated carbocycles. The van der Waals surface area contributed by atoms with Crippen LogP contribution in [0.5, 0.6) is 5.75 Å². The molecule has 0 aliphatic heterocycles. The summed E-state index contributed by atoms with van der Waals surface area (Å²) in [7, 11) is 1.56. The van der Waals surface area contributed by atoms with Gasteiger partial charge in [-0.3, -0.25) is 0 Å². The normalized spacial score (nSPS) is 9.90. The van der Waals surface area contributed by atoms with E-state index in [0.717, 1.165) is 14.8 Å². The predicted octanol–water partition coefficient (Wildman–Crippen LogP) is 4.44. The number of anilines is 1. The molecule has 3 nitrogen and oxygen atoms in total. The molecule has 0 aliphatic rings. The fraction of sp³-hybridized carbons (Fsp3) is 0.133. The third-order valence-electron chi connectivity index (χ3n) is 2.80. The van der Waals surface area contributed by atoms with E-state index < -0.39 is 0 Å². The first kappa shape index (κ1) is 14.9. The minimum Gasteiger partial charge on any atom is -0.495 e. The summed E-state index contributed by atoms with van der Waals surface area (Å²) in [6.07, 6.45) is 0. The molecule has 0 radical (unpaired) electrons. The first-order chi connectivity index (χ1) is 9.63. The third-order valence-corrected chi connectivity index (χ3v) is 3.78. The molecular weight excluding hydrogens is 387 g/mol. The number of nitriles is 1. The Balaban J connectivity index is 2.13. The van der Waals surface area contributed by atoms with Gasteiger partial charge in [0.05, 0.1) is 23.4 Å². The van der Waals surface area contributed by atoms with Gasteiger partial charge in [0.1, 0.15) is 11.8 Å². The highest BCUT2D eigenvalue weighted by Crippen LogP contribution is 2.25. The molecule has 0 bridgehead atoms. The molecule has 0 spiro atoms. The van der Waals surface area contributed by atoms with Gasteiger partial charge < -0.3 is 10.1 Å². The van der Waals surface area contributed by atoms with Gasteiger partial charge in [0.2, 0.25) is 0 Å². The lowest BCUT2D eigenvalue weighted by Gasteiger charge is -2.10. The van der Waals surface area contributed by atoms with Crippen molar-refractivity contribution in [3.63, 3.8) is 0 Å². The third kappa shape index (κ3) is 3.56. The topological polar surface area (TPSA) is 45.0 Å². The Morgan fingerprint density at radius 1 is 1.30 bits per heavy atom. The van der Waals surface area contributed by atoms with Gasteiger partial charge in [-0.25, -0.2) is 0 Å². The number of rotatable bonds is 4. The second-order valence-electron chi connectivity index (χ2n) is 4.12. The average molecular weight is 399 g/mol. The number of hydrogen-bond donors (Lipinski definition) is 1. The van der Waals surface area contributed by atoms with Crippen molar-refractivity contribution in [2.24, 2.45) is 0 Å². The fourth-order valence-corrected chi connectivity index (χ4v) is 2.69. The van der Waals surface area contributed by atoms with Crippen molar-refractivity contribution in [3.05, 3.63) is 56.1 Å². The minimum atomic E-state index is 0.531. The molecule has 0 aliphatic carbocycles. The van der Waals surface area contributed by atoms with Crippen LogP contribution >= 0.6 is 34.2 Å². The van der Waals surface area contributed by atoms with E-state index in [2.05, 4.69) is 34.0 Å². The molecule has 0 atom stereocenters. The fourth-order valence-electron chi connectivity index (χ4n) is 1.77. The maximum Gasteiger partial charge on any atom is 0.136 e. The zero-order valence-electron chi connectivity index (χ0n) is 10.8. The number of nitrogens with zero attached hydrogens (tertiary/aromatic N) is 1. The monoisotopic (exact) mass is 398 g/mol. The SMILES string of the molecule is COc1cc(CNc2ccc(I)cc2Cl)ccc1C#N. The Morgan fingerprint density at radius 3 is 2.75 bits per heavy atom. The molecule has 0 aromatic heterocycles. The van der Waals surface area contributed by atoms with Crippen LogP contribution in [0.1, 0.15) is 11.1 Å². The van der Waals surface area contributed by atoms with E-state index in [9.17, 15) is 0 Å². The summed E-state index contributed by atoms with van der Waals surface area (Å²) in [5.74, 6) is 0.584. The van der Waals surface area contributed by atoms with Gasteiger partial charge in [-0.1, -0.05) is 17.7 Å². The maximum absolute atomic E-state index is 8.95. The number of hydrogen-bond acceptors (Lipinski definition) is 3. The van der Waals surface area contributed by atoms with Gasteiger partial charge in [-0.05, 0) is 58.5 Å². The first-order valence-corrected chi connectivity index (χ1v) is 7.35. The summed E-state index contributed by atoms with van der Waals surface area (Å²) >= 11 is 8.39. The van der Waals surface area contributed by atoms with Crippen LogP contribution in [0.15, 0.2) is 36.4 Å². The lowest BCUT2D eigenvalue weighted by atomic mass is 10.1. The van der Waals surface area contributed by atoms with Crippen LogP contribution in [0.4, 0.5) is 5.69 Å². The average Bonchev–Trinajstić information content (AvgIpc) is 2.46. The Bertz CT molecular complexity index is 667. The number of ether oxygens (including phenoxy) is 1. The second kappa shape index (κ2) is 6.82. The van der Waals surface area contributed by atoms with E-state index in [4.69, 9.17) is 21.6 Å². The second-order valence-corrected chi connectivity index (χ2v) is 5.78. The lowest BCUT2D eigenvalue weighted by Crippen LogP contribution is -2.01. The summed E-state index contributed by atoms with van der Waals surface area (Å²) in [6, 6.07) is 13.5. The standard InChI is InChI=1S/C15H12ClIN2O/c1-20-15-6-10(2-3-11(15)8-18)9-19-14-5-4-12(17)7-13(14)16/h2-7,19H,9H2,1H3. The first-order valence-electron chi connectivity index (χ1n) is 5.90. The molecular formula is C15H12ClIN2O. The van der Waals surface area contributed by atoms with Gasteiger partial charge >= 0.3 is 0 Å². The van der Waals surface area contributed by atoms with E-state index >= 15 is 0 Å². The van der Waals surface area contributed by atoms with E-state index in [0.29, 0.717) is 22.9 Å². The summed E-state index contributed by atoms with van der Waals surface area (Å²) in [6.45, 7) is 0.613.